The van der Waals surface area contributed by atoms with E-state index in [2.05, 4.69) is 13.5 Å². The molecule has 1 amide bonds. The van der Waals surface area contributed by atoms with Crippen molar-refractivity contribution in [2.45, 2.75) is 33.1 Å². The molecule has 0 aliphatic rings. The summed E-state index contributed by atoms with van der Waals surface area (Å²) in [5.74, 6) is 0.185. The minimum Gasteiger partial charge on any atom is -0.320 e. The summed E-state index contributed by atoms with van der Waals surface area (Å²) in [4.78, 5) is 12.9. The number of amides is 1. The summed E-state index contributed by atoms with van der Waals surface area (Å²) in [6, 6.07) is 0. The SMILES string of the molecule is C=CN(CC)C(=O)CCCC. The molecule has 0 saturated carbocycles. The van der Waals surface area contributed by atoms with Gasteiger partial charge < -0.3 is 4.90 Å². The number of hydrogen-bond acceptors (Lipinski definition) is 1. The van der Waals surface area contributed by atoms with Gasteiger partial charge in [-0.15, -0.1) is 0 Å². The first kappa shape index (κ1) is 10.2. The van der Waals surface area contributed by atoms with Gasteiger partial charge in [0, 0.05) is 13.0 Å². The van der Waals surface area contributed by atoms with Crippen LogP contribution in [0.3, 0.4) is 0 Å². The van der Waals surface area contributed by atoms with Gasteiger partial charge >= 0.3 is 0 Å². The van der Waals surface area contributed by atoms with E-state index in [1.165, 1.54) is 0 Å². The van der Waals surface area contributed by atoms with E-state index in [9.17, 15) is 4.79 Å². The Labute approximate surface area is 68.9 Å². The van der Waals surface area contributed by atoms with Crippen molar-refractivity contribution in [3.8, 4) is 0 Å². The molecule has 0 unspecified atom stereocenters. The van der Waals surface area contributed by atoms with E-state index in [1.54, 1.807) is 11.1 Å². The van der Waals surface area contributed by atoms with Crippen LogP contribution in [-0.4, -0.2) is 17.4 Å². The average molecular weight is 155 g/mol. The van der Waals surface area contributed by atoms with Crippen molar-refractivity contribution in [1.82, 2.24) is 4.90 Å². The van der Waals surface area contributed by atoms with Crippen LogP contribution in [0, 0.1) is 0 Å². The first-order valence-corrected chi connectivity index (χ1v) is 4.18. The molecule has 11 heavy (non-hydrogen) atoms. The van der Waals surface area contributed by atoms with Crippen LogP contribution >= 0.6 is 0 Å². The maximum absolute atomic E-state index is 11.2. The second-order valence-electron chi connectivity index (χ2n) is 2.47. The van der Waals surface area contributed by atoms with Gasteiger partial charge in [-0.25, -0.2) is 0 Å². The van der Waals surface area contributed by atoms with Crippen LogP contribution in [0.25, 0.3) is 0 Å². The molecule has 2 nitrogen and oxygen atoms in total. The van der Waals surface area contributed by atoms with E-state index in [1.807, 2.05) is 6.92 Å². The molecule has 0 aliphatic carbocycles. The molecule has 0 fully saturated rings. The number of unbranched alkanes of at least 4 members (excludes halogenated alkanes) is 1. The Morgan fingerprint density at radius 3 is 2.55 bits per heavy atom. The monoisotopic (exact) mass is 155 g/mol. The topological polar surface area (TPSA) is 20.3 Å². The maximum atomic E-state index is 11.2. The summed E-state index contributed by atoms with van der Waals surface area (Å²) < 4.78 is 0. The molecule has 0 atom stereocenters. The molecule has 64 valence electrons. The lowest BCUT2D eigenvalue weighted by Crippen LogP contribution is -2.24. The Bertz CT molecular complexity index is 132. The number of hydrogen-bond donors (Lipinski definition) is 0. The largest absolute Gasteiger partial charge is 0.320 e. The number of nitrogens with zero attached hydrogens (tertiary/aromatic N) is 1. The van der Waals surface area contributed by atoms with Gasteiger partial charge in [0.05, 0.1) is 0 Å². The zero-order chi connectivity index (χ0) is 8.69. The van der Waals surface area contributed by atoms with E-state index >= 15 is 0 Å². The Morgan fingerprint density at radius 2 is 2.18 bits per heavy atom. The quantitative estimate of drug-likeness (QED) is 0.596. The van der Waals surface area contributed by atoms with Crippen LogP contribution in [0.15, 0.2) is 12.8 Å². The van der Waals surface area contributed by atoms with Gasteiger partial charge in [0.2, 0.25) is 5.91 Å². The summed E-state index contributed by atoms with van der Waals surface area (Å²) in [6.45, 7) is 8.33. The standard InChI is InChI=1S/C9H17NO/c1-4-7-8-9(11)10(5-2)6-3/h5H,2,4,6-8H2,1,3H3. The highest BCUT2D eigenvalue weighted by Gasteiger charge is 2.05. The zero-order valence-corrected chi connectivity index (χ0v) is 7.47. The average Bonchev–Trinajstić information content (AvgIpc) is 2.03. The number of carbonyl (C=O) groups excluding carboxylic acids is 1. The second-order valence-corrected chi connectivity index (χ2v) is 2.47. The first-order chi connectivity index (χ1) is 5.26. The normalized spacial score (nSPS) is 9.27. The molecule has 0 N–H and O–H groups in total. The van der Waals surface area contributed by atoms with Crippen molar-refractivity contribution in [1.29, 1.82) is 0 Å². The molecule has 0 heterocycles. The third-order valence-corrected chi connectivity index (χ3v) is 1.63. The minimum absolute atomic E-state index is 0.185. The summed E-state index contributed by atoms with van der Waals surface area (Å²) >= 11 is 0. The Kier molecular flexibility index (Phi) is 5.53. The van der Waals surface area contributed by atoms with Crippen LogP contribution in [0.1, 0.15) is 33.1 Å². The molecule has 2 heteroatoms. The predicted octanol–water partition coefficient (Wildman–Crippen LogP) is 2.17. The summed E-state index contributed by atoms with van der Waals surface area (Å²) in [7, 11) is 0. The first-order valence-electron chi connectivity index (χ1n) is 4.18. The highest BCUT2D eigenvalue weighted by molar-refractivity contribution is 5.76. The fraction of sp³-hybridized carbons (Fsp3) is 0.667. The Morgan fingerprint density at radius 1 is 1.55 bits per heavy atom. The van der Waals surface area contributed by atoms with E-state index in [4.69, 9.17) is 0 Å². The molecule has 0 rings (SSSR count). The van der Waals surface area contributed by atoms with Crippen LogP contribution in [0.4, 0.5) is 0 Å². The number of rotatable bonds is 5. The molecule has 0 aromatic heterocycles. The third kappa shape index (κ3) is 3.81. The van der Waals surface area contributed by atoms with Gasteiger partial charge in [-0.2, -0.15) is 0 Å². The van der Waals surface area contributed by atoms with Gasteiger partial charge in [0.1, 0.15) is 0 Å². The molecule has 0 radical (unpaired) electrons. The Hall–Kier alpha value is -0.790. The number of carbonyl (C=O) groups is 1. The molecule has 0 saturated heterocycles. The zero-order valence-electron chi connectivity index (χ0n) is 7.47. The molecule has 0 spiro atoms. The minimum atomic E-state index is 0.185. The predicted molar refractivity (Wildman–Crippen MR) is 47.1 cm³/mol. The Balaban J connectivity index is 3.69. The van der Waals surface area contributed by atoms with Gasteiger partial charge in [-0.1, -0.05) is 19.9 Å². The molecule has 0 aromatic carbocycles. The van der Waals surface area contributed by atoms with Crippen molar-refractivity contribution >= 4 is 5.91 Å². The van der Waals surface area contributed by atoms with Crippen molar-refractivity contribution in [2.24, 2.45) is 0 Å². The van der Waals surface area contributed by atoms with Gasteiger partial charge in [0.25, 0.3) is 0 Å². The van der Waals surface area contributed by atoms with Crippen LogP contribution in [0.5, 0.6) is 0 Å². The lowest BCUT2D eigenvalue weighted by Gasteiger charge is -2.14. The van der Waals surface area contributed by atoms with Gasteiger partial charge in [-0.3, -0.25) is 4.79 Å². The molecular formula is C9H17NO. The van der Waals surface area contributed by atoms with E-state index in [0.717, 1.165) is 19.4 Å². The van der Waals surface area contributed by atoms with E-state index in [0.29, 0.717) is 6.42 Å². The molecule has 0 aliphatic heterocycles. The highest BCUT2D eigenvalue weighted by Crippen LogP contribution is 1.99. The molecular weight excluding hydrogens is 138 g/mol. The molecule has 0 bridgehead atoms. The van der Waals surface area contributed by atoms with Crippen LogP contribution in [0.2, 0.25) is 0 Å². The van der Waals surface area contributed by atoms with Crippen molar-refractivity contribution < 1.29 is 4.79 Å². The summed E-state index contributed by atoms with van der Waals surface area (Å²) in [5.41, 5.74) is 0. The lowest BCUT2D eigenvalue weighted by atomic mass is 10.2. The van der Waals surface area contributed by atoms with Crippen molar-refractivity contribution in [2.75, 3.05) is 6.54 Å². The van der Waals surface area contributed by atoms with Crippen molar-refractivity contribution in [3.05, 3.63) is 12.8 Å². The third-order valence-electron chi connectivity index (χ3n) is 1.63. The van der Waals surface area contributed by atoms with Gasteiger partial charge in [0.15, 0.2) is 0 Å². The smallest absolute Gasteiger partial charge is 0.226 e. The second kappa shape index (κ2) is 5.96. The molecule has 0 aromatic rings. The van der Waals surface area contributed by atoms with Crippen LogP contribution < -0.4 is 0 Å². The summed E-state index contributed by atoms with van der Waals surface area (Å²) in [6.07, 6.45) is 4.29. The van der Waals surface area contributed by atoms with Crippen LogP contribution in [-0.2, 0) is 4.79 Å². The van der Waals surface area contributed by atoms with Gasteiger partial charge in [-0.05, 0) is 19.5 Å². The maximum Gasteiger partial charge on any atom is 0.226 e. The fourth-order valence-electron chi connectivity index (χ4n) is 0.879. The fourth-order valence-corrected chi connectivity index (χ4v) is 0.879. The lowest BCUT2D eigenvalue weighted by molar-refractivity contribution is -0.128. The summed E-state index contributed by atoms with van der Waals surface area (Å²) in [5, 5.41) is 0. The highest BCUT2D eigenvalue weighted by atomic mass is 16.2. The van der Waals surface area contributed by atoms with E-state index < -0.39 is 0 Å². The van der Waals surface area contributed by atoms with Crippen molar-refractivity contribution in [3.63, 3.8) is 0 Å². The van der Waals surface area contributed by atoms with E-state index in [-0.39, 0.29) is 5.91 Å².